The summed E-state index contributed by atoms with van der Waals surface area (Å²) in [4.78, 5) is 19.3. The molecule has 0 spiro atoms. The highest BCUT2D eigenvalue weighted by molar-refractivity contribution is 7.90. The minimum atomic E-state index is -3.60. The van der Waals surface area contributed by atoms with Gasteiger partial charge in [0.05, 0.1) is 16.3 Å². The quantitative estimate of drug-likeness (QED) is 0.652. The fourth-order valence-corrected chi connectivity index (χ4v) is 5.47. The Morgan fingerprint density at radius 1 is 1.07 bits per heavy atom. The molecule has 1 aromatic heterocycles. The topological polar surface area (TPSA) is 67.3 Å². The van der Waals surface area contributed by atoms with E-state index in [1.807, 2.05) is 35.2 Å². The summed E-state index contributed by atoms with van der Waals surface area (Å²) in [7, 11) is -3.60. The predicted molar refractivity (Wildman–Crippen MR) is 113 cm³/mol. The molecule has 1 atom stereocenters. The molecule has 5 nitrogen and oxygen atoms in total. The van der Waals surface area contributed by atoms with Crippen molar-refractivity contribution in [3.63, 3.8) is 0 Å². The van der Waals surface area contributed by atoms with Crippen LogP contribution >= 0.6 is 0 Å². The third-order valence-corrected chi connectivity index (χ3v) is 7.09. The maximum absolute atomic E-state index is 13.1. The van der Waals surface area contributed by atoms with Crippen LogP contribution in [0.25, 0.3) is 10.8 Å². The second-order valence-electron chi connectivity index (χ2n) is 7.75. The molecule has 2 aromatic carbocycles. The molecule has 1 aliphatic heterocycles. The van der Waals surface area contributed by atoms with E-state index in [4.69, 9.17) is 0 Å². The number of benzene rings is 2. The van der Waals surface area contributed by atoms with Crippen molar-refractivity contribution in [2.24, 2.45) is 5.92 Å². The Kier molecular flexibility index (Phi) is 5.37. The summed E-state index contributed by atoms with van der Waals surface area (Å²) in [5.74, 6) is 0.113. The zero-order valence-electron chi connectivity index (χ0n) is 16.4. The van der Waals surface area contributed by atoms with Gasteiger partial charge in [0.2, 0.25) is 0 Å². The molecule has 0 saturated carbocycles. The molecule has 0 bridgehead atoms. The van der Waals surface area contributed by atoms with Crippen LogP contribution in [0.2, 0.25) is 0 Å². The van der Waals surface area contributed by atoms with Crippen molar-refractivity contribution in [2.75, 3.05) is 13.1 Å². The van der Waals surface area contributed by atoms with Crippen LogP contribution < -0.4 is 0 Å². The lowest BCUT2D eigenvalue weighted by molar-refractivity contribution is 0.0677. The van der Waals surface area contributed by atoms with Crippen molar-refractivity contribution < 1.29 is 13.2 Å². The van der Waals surface area contributed by atoms with Crippen LogP contribution in [-0.2, 0) is 15.6 Å². The van der Waals surface area contributed by atoms with Crippen LogP contribution in [0, 0.1) is 5.92 Å². The Labute approximate surface area is 171 Å². The molecule has 1 saturated heterocycles. The summed E-state index contributed by atoms with van der Waals surface area (Å²) >= 11 is 0. The average Bonchev–Trinajstić information content (AvgIpc) is 2.72. The standard InChI is InChI=1S/C23H24N2O3S/c1-17-7-6-14-25(15-17)23(26)21-12-5-10-19(24-21)16-29(27,28)22-13-4-9-18-8-2-3-11-20(18)22/h2-5,8-13,17H,6-7,14-16H2,1H3. The number of amides is 1. The fraction of sp³-hybridized carbons (Fsp3) is 0.304. The number of hydrogen-bond acceptors (Lipinski definition) is 4. The first-order valence-corrected chi connectivity index (χ1v) is 11.5. The van der Waals surface area contributed by atoms with Crippen molar-refractivity contribution in [1.82, 2.24) is 9.88 Å². The van der Waals surface area contributed by atoms with Crippen molar-refractivity contribution in [3.8, 4) is 0 Å². The number of aromatic nitrogens is 1. The Balaban J connectivity index is 1.61. The Hall–Kier alpha value is -2.73. The van der Waals surface area contributed by atoms with E-state index >= 15 is 0 Å². The number of rotatable bonds is 4. The minimum Gasteiger partial charge on any atom is -0.337 e. The largest absolute Gasteiger partial charge is 0.337 e. The Morgan fingerprint density at radius 3 is 2.66 bits per heavy atom. The number of piperidine rings is 1. The molecule has 1 aliphatic rings. The van der Waals surface area contributed by atoms with E-state index in [1.165, 1.54) is 0 Å². The van der Waals surface area contributed by atoms with Crippen LogP contribution in [0.1, 0.15) is 35.9 Å². The highest BCUT2D eigenvalue weighted by Crippen LogP contribution is 2.25. The molecule has 1 fully saturated rings. The van der Waals surface area contributed by atoms with Crippen LogP contribution in [0.4, 0.5) is 0 Å². The lowest BCUT2D eigenvalue weighted by Gasteiger charge is -2.30. The number of pyridine rings is 1. The predicted octanol–water partition coefficient (Wildman–Crippen LogP) is 4.08. The highest BCUT2D eigenvalue weighted by Gasteiger charge is 2.24. The Bertz CT molecular complexity index is 1150. The van der Waals surface area contributed by atoms with Crippen molar-refractivity contribution in [2.45, 2.75) is 30.4 Å². The molecule has 4 rings (SSSR count). The normalized spacial score (nSPS) is 17.4. The summed E-state index contributed by atoms with van der Waals surface area (Å²) in [5, 5.41) is 1.58. The highest BCUT2D eigenvalue weighted by atomic mass is 32.2. The van der Waals surface area contributed by atoms with Gasteiger partial charge in [-0.3, -0.25) is 4.79 Å². The molecule has 6 heteroatoms. The van der Waals surface area contributed by atoms with E-state index in [1.54, 1.807) is 30.3 Å². The van der Waals surface area contributed by atoms with Crippen LogP contribution in [0.15, 0.2) is 65.6 Å². The molecular formula is C23H24N2O3S. The lowest BCUT2D eigenvalue weighted by Crippen LogP contribution is -2.39. The van der Waals surface area contributed by atoms with Crippen LogP contribution in [-0.4, -0.2) is 37.3 Å². The fourth-order valence-electron chi connectivity index (χ4n) is 3.95. The molecule has 1 unspecified atom stereocenters. The molecular weight excluding hydrogens is 384 g/mol. The number of fused-ring (bicyclic) bond motifs is 1. The second-order valence-corrected chi connectivity index (χ2v) is 9.71. The molecule has 0 radical (unpaired) electrons. The van der Waals surface area contributed by atoms with Gasteiger partial charge in [0.15, 0.2) is 9.84 Å². The van der Waals surface area contributed by atoms with Crippen molar-refractivity contribution >= 4 is 26.5 Å². The number of hydrogen-bond donors (Lipinski definition) is 0. The summed E-state index contributed by atoms with van der Waals surface area (Å²) in [6.07, 6.45) is 2.11. The first-order chi connectivity index (χ1) is 13.9. The van der Waals surface area contributed by atoms with E-state index < -0.39 is 9.84 Å². The van der Waals surface area contributed by atoms with Gasteiger partial charge >= 0.3 is 0 Å². The Morgan fingerprint density at radius 2 is 1.83 bits per heavy atom. The van der Waals surface area contributed by atoms with E-state index in [2.05, 4.69) is 11.9 Å². The SMILES string of the molecule is CC1CCCN(C(=O)c2cccc(CS(=O)(=O)c3cccc4ccccc34)n2)C1. The zero-order chi connectivity index (χ0) is 20.4. The number of carbonyl (C=O) groups is 1. The molecule has 29 heavy (non-hydrogen) atoms. The summed E-state index contributed by atoms with van der Waals surface area (Å²) in [6, 6.07) is 17.7. The number of nitrogens with zero attached hydrogens (tertiary/aromatic N) is 2. The first-order valence-electron chi connectivity index (χ1n) is 9.90. The molecule has 0 aliphatic carbocycles. The molecule has 1 amide bonds. The number of carbonyl (C=O) groups excluding carboxylic acids is 1. The van der Waals surface area contributed by atoms with Crippen LogP contribution in [0.5, 0.6) is 0 Å². The van der Waals surface area contributed by atoms with Crippen molar-refractivity contribution in [3.05, 3.63) is 72.1 Å². The monoisotopic (exact) mass is 408 g/mol. The molecule has 150 valence electrons. The van der Waals surface area contributed by atoms with Gasteiger partial charge in [-0.05, 0) is 42.3 Å². The van der Waals surface area contributed by atoms with E-state index in [0.717, 1.165) is 31.3 Å². The number of likely N-dealkylation sites (tertiary alicyclic amines) is 1. The first kappa shape index (κ1) is 19.6. The van der Waals surface area contributed by atoms with E-state index in [9.17, 15) is 13.2 Å². The van der Waals surface area contributed by atoms with Gasteiger partial charge in [-0.1, -0.05) is 49.4 Å². The van der Waals surface area contributed by atoms with E-state index in [0.29, 0.717) is 27.6 Å². The van der Waals surface area contributed by atoms with Crippen molar-refractivity contribution in [1.29, 1.82) is 0 Å². The zero-order valence-corrected chi connectivity index (χ0v) is 17.2. The smallest absolute Gasteiger partial charge is 0.272 e. The molecule has 3 aromatic rings. The van der Waals surface area contributed by atoms with Gasteiger partial charge in [0, 0.05) is 18.5 Å². The van der Waals surface area contributed by atoms with E-state index in [-0.39, 0.29) is 11.7 Å². The molecule has 0 N–H and O–H groups in total. The van der Waals surface area contributed by atoms with Gasteiger partial charge in [0.25, 0.3) is 5.91 Å². The summed E-state index contributed by atoms with van der Waals surface area (Å²) < 4.78 is 26.2. The van der Waals surface area contributed by atoms with Gasteiger partial charge in [-0.25, -0.2) is 13.4 Å². The van der Waals surface area contributed by atoms with Gasteiger partial charge in [-0.15, -0.1) is 0 Å². The average molecular weight is 409 g/mol. The lowest BCUT2D eigenvalue weighted by atomic mass is 10.00. The van der Waals surface area contributed by atoms with Gasteiger partial charge < -0.3 is 4.90 Å². The maximum atomic E-state index is 13.1. The second kappa shape index (κ2) is 7.95. The minimum absolute atomic E-state index is 0.124. The van der Waals surface area contributed by atoms with Crippen LogP contribution in [0.3, 0.4) is 0 Å². The van der Waals surface area contributed by atoms with Gasteiger partial charge in [0.1, 0.15) is 5.69 Å². The maximum Gasteiger partial charge on any atom is 0.272 e. The van der Waals surface area contributed by atoms with Gasteiger partial charge in [-0.2, -0.15) is 0 Å². The summed E-state index contributed by atoms with van der Waals surface area (Å²) in [5.41, 5.74) is 0.693. The third kappa shape index (κ3) is 4.17. The number of sulfone groups is 1. The summed E-state index contributed by atoms with van der Waals surface area (Å²) in [6.45, 7) is 3.59. The third-order valence-electron chi connectivity index (χ3n) is 5.39. The molecule has 2 heterocycles.